The van der Waals surface area contributed by atoms with Crippen LogP contribution in [-0.2, 0) is 11.3 Å². The van der Waals surface area contributed by atoms with Crippen molar-refractivity contribution in [3.8, 4) is 11.3 Å². The lowest BCUT2D eigenvalue weighted by Crippen LogP contribution is -2.11. The molecule has 0 atom stereocenters. The molecule has 0 amide bonds. The van der Waals surface area contributed by atoms with Crippen molar-refractivity contribution in [1.29, 1.82) is 0 Å². The van der Waals surface area contributed by atoms with Gasteiger partial charge in [0.2, 0.25) is 0 Å². The van der Waals surface area contributed by atoms with Gasteiger partial charge in [-0.15, -0.1) is 0 Å². The Bertz CT molecular complexity index is 581. The summed E-state index contributed by atoms with van der Waals surface area (Å²) in [5, 5.41) is 0.564. The minimum absolute atomic E-state index is 0.220. The van der Waals surface area contributed by atoms with E-state index in [4.69, 9.17) is 16.3 Å². The number of H-pyrrole nitrogens is 1. The van der Waals surface area contributed by atoms with Crippen LogP contribution < -0.4 is 5.56 Å². The summed E-state index contributed by atoms with van der Waals surface area (Å²) in [7, 11) is 1.54. The average molecular weight is 251 g/mol. The molecule has 0 saturated heterocycles. The molecule has 0 bridgehead atoms. The van der Waals surface area contributed by atoms with E-state index in [0.717, 1.165) is 5.56 Å². The molecular formula is C12H11ClN2O2. The molecule has 0 saturated carbocycles. The molecule has 17 heavy (non-hydrogen) atoms. The Morgan fingerprint density at radius 1 is 1.41 bits per heavy atom. The average Bonchev–Trinajstić information content (AvgIpc) is 2.29. The molecule has 0 unspecified atom stereocenters. The molecule has 2 rings (SSSR count). The molecule has 0 aliphatic heterocycles. The SMILES string of the molecule is COCc1nc(-c2ccccc2Cl)cc(=O)[nH]1. The fourth-order valence-corrected chi connectivity index (χ4v) is 1.75. The van der Waals surface area contributed by atoms with Crippen LogP contribution in [0.25, 0.3) is 11.3 Å². The van der Waals surface area contributed by atoms with Crippen LogP contribution in [-0.4, -0.2) is 17.1 Å². The van der Waals surface area contributed by atoms with Gasteiger partial charge in [0.1, 0.15) is 12.4 Å². The number of aromatic amines is 1. The number of benzene rings is 1. The number of methoxy groups -OCH3 is 1. The smallest absolute Gasteiger partial charge is 0.251 e. The van der Waals surface area contributed by atoms with E-state index in [1.807, 2.05) is 18.2 Å². The predicted octanol–water partition coefficient (Wildman–Crippen LogP) is 2.24. The fraction of sp³-hybridized carbons (Fsp3) is 0.167. The van der Waals surface area contributed by atoms with E-state index in [1.54, 1.807) is 13.2 Å². The zero-order chi connectivity index (χ0) is 12.3. The fourth-order valence-electron chi connectivity index (χ4n) is 1.52. The molecule has 0 aliphatic rings. The molecule has 1 aromatic carbocycles. The molecule has 5 heteroatoms. The molecule has 2 aromatic rings. The van der Waals surface area contributed by atoms with Crippen LogP contribution in [0.2, 0.25) is 5.02 Å². The van der Waals surface area contributed by atoms with Crippen molar-refractivity contribution in [3.63, 3.8) is 0 Å². The first-order chi connectivity index (χ1) is 8.20. The van der Waals surface area contributed by atoms with Crippen molar-refractivity contribution < 1.29 is 4.74 Å². The lowest BCUT2D eigenvalue weighted by molar-refractivity contribution is 0.177. The van der Waals surface area contributed by atoms with Crippen molar-refractivity contribution in [2.45, 2.75) is 6.61 Å². The molecule has 0 spiro atoms. The zero-order valence-electron chi connectivity index (χ0n) is 9.24. The molecule has 88 valence electrons. The maximum absolute atomic E-state index is 11.5. The summed E-state index contributed by atoms with van der Waals surface area (Å²) < 4.78 is 4.94. The van der Waals surface area contributed by atoms with Gasteiger partial charge in [-0.3, -0.25) is 4.79 Å². The topological polar surface area (TPSA) is 55.0 Å². The van der Waals surface area contributed by atoms with Crippen LogP contribution in [0.4, 0.5) is 0 Å². The molecule has 1 aromatic heterocycles. The lowest BCUT2D eigenvalue weighted by Gasteiger charge is -2.05. The Labute approximate surface area is 103 Å². The van der Waals surface area contributed by atoms with E-state index in [0.29, 0.717) is 16.5 Å². The highest BCUT2D eigenvalue weighted by Crippen LogP contribution is 2.24. The normalized spacial score (nSPS) is 10.5. The van der Waals surface area contributed by atoms with E-state index in [-0.39, 0.29) is 12.2 Å². The van der Waals surface area contributed by atoms with Gasteiger partial charge >= 0.3 is 0 Å². The number of ether oxygens (including phenoxy) is 1. The summed E-state index contributed by atoms with van der Waals surface area (Å²) in [6, 6.07) is 8.67. The van der Waals surface area contributed by atoms with Crippen LogP contribution >= 0.6 is 11.6 Å². The first-order valence-electron chi connectivity index (χ1n) is 5.05. The predicted molar refractivity (Wildman–Crippen MR) is 66.0 cm³/mol. The summed E-state index contributed by atoms with van der Waals surface area (Å²) in [5.74, 6) is 0.481. The van der Waals surface area contributed by atoms with Gasteiger partial charge in [-0.05, 0) is 6.07 Å². The monoisotopic (exact) mass is 250 g/mol. The minimum atomic E-state index is -0.220. The molecule has 0 radical (unpaired) electrons. The van der Waals surface area contributed by atoms with Gasteiger partial charge in [-0.25, -0.2) is 4.98 Å². The Balaban J connectivity index is 2.52. The Hall–Kier alpha value is -1.65. The first-order valence-corrected chi connectivity index (χ1v) is 5.42. The third kappa shape index (κ3) is 2.72. The number of hydrogen-bond acceptors (Lipinski definition) is 3. The number of nitrogens with one attached hydrogen (secondary N) is 1. The van der Waals surface area contributed by atoms with Crippen molar-refractivity contribution in [1.82, 2.24) is 9.97 Å². The maximum Gasteiger partial charge on any atom is 0.251 e. The Morgan fingerprint density at radius 3 is 2.88 bits per heavy atom. The van der Waals surface area contributed by atoms with Crippen LogP contribution in [0.3, 0.4) is 0 Å². The Kier molecular flexibility index (Phi) is 3.56. The van der Waals surface area contributed by atoms with Gasteiger partial charge in [0.15, 0.2) is 0 Å². The maximum atomic E-state index is 11.5. The number of rotatable bonds is 3. The van der Waals surface area contributed by atoms with Gasteiger partial charge < -0.3 is 9.72 Å². The van der Waals surface area contributed by atoms with Crippen molar-refractivity contribution >= 4 is 11.6 Å². The molecule has 1 heterocycles. The second kappa shape index (κ2) is 5.12. The highest BCUT2D eigenvalue weighted by atomic mass is 35.5. The summed E-state index contributed by atoms with van der Waals surface area (Å²) in [6.45, 7) is 0.257. The highest BCUT2D eigenvalue weighted by Gasteiger charge is 2.06. The molecule has 0 aliphatic carbocycles. The standard InChI is InChI=1S/C12H11ClN2O2/c1-17-7-11-14-10(6-12(16)15-11)8-4-2-3-5-9(8)13/h2-6H,7H2,1H3,(H,14,15,16). The number of nitrogens with zero attached hydrogens (tertiary/aromatic N) is 1. The van der Waals surface area contributed by atoms with Crippen molar-refractivity contribution in [2.75, 3.05) is 7.11 Å². The van der Waals surface area contributed by atoms with Crippen molar-refractivity contribution in [3.05, 3.63) is 51.5 Å². The van der Waals surface area contributed by atoms with Crippen LogP contribution in [0.15, 0.2) is 35.1 Å². The summed E-state index contributed by atoms with van der Waals surface area (Å²) >= 11 is 6.06. The second-order valence-electron chi connectivity index (χ2n) is 3.49. The van der Waals surface area contributed by atoms with E-state index < -0.39 is 0 Å². The van der Waals surface area contributed by atoms with Crippen LogP contribution in [0.5, 0.6) is 0 Å². The number of halogens is 1. The minimum Gasteiger partial charge on any atom is -0.377 e. The van der Waals surface area contributed by atoms with Crippen LogP contribution in [0, 0.1) is 0 Å². The molecule has 1 N–H and O–H groups in total. The van der Waals surface area contributed by atoms with Gasteiger partial charge in [-0.1, -0.05) is 29.8 Å². The molecular weight excluding hydrogens is 240 g/mol. The third-order valence-corrected chi connectivity index (χ3v) is 2.55. The quantitative estimate of drug-likeness (QED) is 0.909. The van der Waals surface area contributed by atoms with Crippen molar-refractivity contribution in [2.24, 2.45) is 0 Å². The van der Waals surface area contributed by atoms with Gasteiger partial charge in [0, 0.05) is 23.8 Å². The van der Waals surface area contributed by atoms with Gasteiger partial charge in [-0.2, -0.15) is 0 Å². The molecule has 0 fully saturated rings. The molecule has 4 nitrogen and oxygen atoms in total. The van der Waals surface area contributed by atoms with Gasteiger partial charge in [0.05, 0.1) is 5.69 Å². The summed E-state index contributed by atoms with van der Waals surface area (Å²) in [5.41, 5.74) is 1.06. The van der Waals surface area contributed by atoms with E-state index in [9.17, 15) is 4.79 Å². The lowest BCUT2D eigenvalue weighted by atomic mass is 10.1. The third-order valence-electron chi connectivity index (χ3n) is 2.22. The summed E-state index contributed by atoms with van der Waals surface area (Å²) in [4.78, 5) is 18.4. The van der Waals surface area contributed by atoms with E-state index in [1.165, 1.54) is 6.07 Å². The number of aromatic nitrogens is 2. The van der Waals surface area contributed by atoms with E-state index >= 15 is 0 Å². The second-order valence-corrected chi connectivity index (χ2v) is 3.90. The summed E-state index contributed by atoms with van der Waals surface area (Å²) in [6.07, 6.45) is 0. The highest BCUT2D eigenvalue weighted by molar-refractivity contribution is 6.33. The van der Waals surface area contributed by atoms with Gasteiger partial charge in [0.25, 0.3) is 5.56 Å². The number of hydrogen-bond donors (Lipinski definition) is 1. The first kappa shape index (κ1) is 11.8. The zero-order valence-corrected chi connectivity index (χ0v) is 9.99. The van der Waals surface area contributed by atoms with Crippen LogP contribution in [0.1, 0.15) is 5.82 Å². The van der Waals surface area contributed by atoms with E-state index in [2.05, 4.69) is 9.97 Å². The Morgan fingerprint density at radius 2 is 2.18 bits per heavy atom. The largest absolute Gasteiger partial charge is 0.377 e.